The minimum absolute atomic E-state index is 0.297. The number of rotatable bonds is 4. The van der Waals surface area contributed by atoms with Crippen LogP contribution in [0.4, 0.5) is 4.39 Å². The summed E-state index contributed by atoms with van der Waals surface area (Å²) in [6.07, 6.45) is -1.65. The number of aliphatic carboxylic acids is 1. The Bertz CT molecular complexity index is 644. The minimum atomic E-state index is -2.36. The summed E-state index contributed by atoms with van der Waals surface area (Å²) in [5, 5.41) is 8.71. The highest BCUT2D eigenvalue weighted by Gasteiger charge is 2.24. The first-order chi connectivity index (χ1) is 8.57. The Labute approximate surface area is 102 Å². The first-order valence-corrected chi connectivity index (χ1v) is 5.64. The molecule has 0 saturated heterocycles. The molecule has 1 unspecified atom stereocenters. The molecule has 0 amide bonds. The summed E-state index contributed by atoms with van der Waals surface area (Å²) < 4.78 is 15.7. The van der Waals surface area contributed by atoms with E-state index in [4.69, 9.17) is 5.11 Å². The number of carbonyl (C=O) groups is 1. The van der Waals surface area contributed by atoms with E-state index in [0.717, 1.165) is 0 Å². The molecule has 2 rings (SSSR count). The number of aryl methyl sites for hydroxylation is 1. The highest BCUT2D eigenvalue weighted by molar-refractivity contribution is 5.79. The number of nitrogens with zero attached hydrogens (tertiary/aromatic N) is 2. The van der Waals surface area contributed by atoms with Crippen molar-refractivity contribution in [3.8, 4) is 0 Å². The molecule has 1 N–H and O–H groups in total. The molecular weight excluding hydrogens is 239 g/mol. The number of halogens is 1. The predicted octanol–water partition coefficient (Wildman–Crippen LogP) is 1.77. The second-order valence-electron chi connectivity index (χ2n) is 3.97. The molecule has 2 aromatic rings. The number of imidazole rings is 1. The van der Waals surface area contributed by atoms with Crippen LogP contribution < -0.4 is 5.69 Å². The lowest BCUT2D eigenvalue weighted by atomic mass is 10.3. The van der Waals surface area contributed by atoms with Crippen LogP contribution in [0.2, 0.25) is 0 Å². The zero-order chi connectivity index (χ0) is 13.3. The molecule has 0 radical (unpaired) electrons. The van der Waals surface area contributed by atoms with Crippen molar-refractivity contribution >= 4 is 17.0 Å². The third kappa shape index (κ3) is 1.79. The van der Waals surface area contributed by atoms with Crippen LogP contribution >= 0.6 is 0 Å². The van der Waals surface area contributed by atoms with E-state index in [1.807, 2.05) is 6.92 Å². The zero-order valence-corrected chi connectivity index (χ0v) is 9.84. The van der Waals surface area contributed by atoms with Gasteiger partial charge in [-0.2, -0.15) is 0 Å². The Morgan fingerprint density at radius 2 is 2.00 bits per heavy atom. The van der Waals surface area contributed by atoms with Crippen molar-refractivity contribution in [3.63, 3.8) is 0 Å². The maximum Gasteiger partial charge on any atom is 0.360 e. The summed E-state index contributed by atoms with van der Waals surface area (Å²) >= 11 is 0. The van der Waals surface area contributed by atoms with E-state index in [2.05, 4.69) is 0 Å². The van der Waals surface area contributed by atoms with Gasteiger partial charge in [0.1, 0.15) is 0 Å². The average molecular weight is 252 g/mol. The fraction of sp³-hybridized carbons (Fsp3) is 0.333. The normalized spacial score (nSPS) is 12.8. The lowest BCUT2D eigenvalue weighted by molar-refractivity contribution is -0.146. The lowest BCUT2D eigenvalue weighted by Gasteiger charge is -2.04. The number of fused-ring (bicyclic) bond motifs is 1. The third-order valence-corrected chi connectivity index (χ3v) is 2.75. The van der Waals surface area contributed by atoms with Crippen LogP contribution in [0.25, 0.3) is 11.0 Å². The highest BCUT2D eigenvalue weighted by Crippen LogP contribution is 2.18. The number of alkyl halides is 1. The number of hydrogen-bond donors (Lipinski definition) is 1. The van der Waals surface area contributed by atoms with E-state index in [1.54, 1.807) is 24.3 Å². The maximum atomic E-state index is 13.7. The van der Waals surface area contributed by atoms with Crippen LogP contribution in [0, 0.1) is 0 Å². The first kappa shape index (κ1) is 12.3. The molecule has 0 saturated carbocycles. The molecule has 6 heteroatoms. The number of carboxylic acid groups (broad SMARTS) is 1. The van der Waals surface area contributed by atoms with Gasteiger partial charge in [-0.25, -0.2) is 14.0 Å². The molecule has 1 aromatic carbocycles. The average Bonchev–Trinajstić information content (AvgIpc) is 2.62. The molecule has 0 fully saturated rings. The smallest absolute Gasteiger partial charge is 0.360 e. The Balaban J connectivity index is 2.77. The second kappa shape index (κ2) is 4.64. The van der Waals surface area contributed by atoms with Crippen molar-refractivity contribution in [1.29, 1.82) is 0 Å². The predicted molar refractivity (Wildman–Crippen MR) is 64.3 cm³/mol. The van der Waals surface area contributed by atoms with E-state index in [-0.39, 0.29) is 0 Å². The van der Waals surface area contributed by atoms with Gasteiger partial charge in [0.2, 0.25) is 0 Å². The van der Waals surface area contributed by atoms with Crippen LogP contribution in [0.1, 0.15) is 19.6 Å². The van der Waals surface area contributed by atoms with Crippen LogP contribution in [-0.2, 0) is 11.3 Å². The van der Waals surface area contributed by atoms with Crippen molar-refractivity contribution in [2.75, 3.05) is 0 Å². The Hall–Kier alpha value is -2.11. The molecule has 0 aliphatic carbocycles. The summed E-state index contributed by atoms with van der Waals surface area (Å²) in [5.41, 5.74) is 0.215. The number of para-hydroxylation sites is 2. The van der Waals surface area contributed by atoms with Crippen LogP contribution in [0.15, 0.2) is 29.1 Å². The Morgan fingerprint density at radius 3 is 2.56 bits per heavy atom. The maximum absolute atomic E-state index is 13.7. The fourth-order valence-electron chi connectivity index (χ4n) is 2.00. The molecule has 0 bridgehead atoms. The summed E-state index contributed by atoms with van der Waals surface area (Å²) in [5.74, 6) is -1.67. The van der Waals surface area contributed by atoms with E-state index < -0.39 is 18.0 Å². The van der Waals surface area contributed by atoms with E-state index in [1.165, 1.54) is 4.57 Å². The molecule has 0 aliphatic heterocycles. The van der Waals surface area contributed by atoms with Crippen LogP contribution in [-0.4, -0.2) is 20.2 Å². The molecule has 1 atom stereocenters. The van der Waals surface area contributed by atoms with Gasteiger partial charge in [-0.1, -0.05) is 19.1 Å². The van der Waals surface area contributed by atoms with Gasteiger partial charge in [0, 0.05) is 6.54 Å². The topological polar surface area (TPSA) is 64.2 Å². The fourth-order valence-corrected chi connectivity index (χ4v) is 2.00. The molecule has 5 nitrogen and oxygen atoms in total. The molecule has 96 valence electrons. The van der Waals surface area contributed by atoms with Gasteiger partial charge in [-0.15, -0.1) is 0 Å². The molecule has 1 heterocycles. The van der Waals surface area contributed by atoms with Gasteiger partial charge in [-0.05, 0) is 18.6 Å². The molecule has 0 aliphatic rings. The number of hydrogen-bond acceptors (Lipinski definition) is 2. The van der Waals surface area contributed by atoms with E-state index in [0.29, 0.717) is 28.6 Å². The lowest BCUT2D eigenvalue weighted by Crippen LogP contribution is -2.29. The van der Waals surface area contributed by atoms with Crippen molar-refractivity contribution in [1.82, 2.24) is 9.13 Å². The molecule has 18 heavy (non-hydrogen) atoms. The van der Waals surface area contributed by atoms with Gasteiger partial charge in [0.05, 0.1) is 11.0 Å². The van der Waals surface area contributed by atoms with Crippen molar-refractivity contribution in [2.45, 2.75) is 26.2 Å². The summed E-state index contributed by atoms with van der Waals surface area (Å²) in [4.78, 5) is 22.8. The van der Waals surface area contributed by atoms with Gasteiger partial charge in [0.25, 0.3) is 6.30 Å². The number of carboxylic acids is 1. The Morgan fingerprint density at radius 1 is 1.39 bits per heavy atom. The van der Waals surface area contributed by atoms with E-state index in [9.17, 15) is 14.0 Å². The summed E-state index contributed by atoms with van der Waals surface area (Å²) in [6.45, 7) is 2.32. The van der Waals surface area contributed by atoms with Gasteiger partial charge >= 0.3 is 11.7 Å². The van der Waals surface area contributed by atoms with Gasteiger partial charge in [-0.3, -0.25) is 9.13 Å². The minimum Gasteiger partial charge on any atom is -0.478 e. The summed E-state index contributed by atoms with van der Waals surface area (Å²) in [7, 11) is 0. The first-order valence-electron chi connectivity index (χ1n) is 5.64. The van der Waals surface area contributed by atoms with Crippen molar-refractivity contribution in [2.24, 2.45) is 0 Å². The molecule has 0 spiro atoms. The Kier molecular flexibility index (Phi) is 3.18. The van der Waals surface area contributed by atoms with Gasteiger partial charge < -0.3 is 5.11 Å². The van der Waals surface area contributed by atoms with E-state index >= 15 is 0 Å². The number of benzene rings is 1. The molecule has 1 aromatic heterocycles. The largest absolute Gasteiger partial charge is 0.478 e. The quantitative estimate of drug-likeness (QED) is 0.901. The van der Waals surface area contributed by atoms with Crippen molar-refractivity contribution < 1.29 is 14.3 Å². The standard InChI is InChI=1S/C12H13FN2O3/c1-2-7-14-8-5-3-4-6-9(8)15(12(14)18)10(13)11(16)17/h3-6,10H,2,7H2,1H3,(H,16,17). The number of aromatic nitrogens is 2. The van der Waals surface area contributed by atoms with Crippen LogP contribution in [0.5, 0.6) is 0 Å². The zero-order valence-electron chi connectivity index (χ0n) is 9.84. The highest BCUT2D eigenvalue weighted by atomic mass is 19.1. The monoisotopic (exact) mass is 252 g/mol. The summed E-state index contributed by atoms with van der Waals surface area (Å²) in [6, 6.07) is 6.59. The van der Waals surface area contributed by atoms with Crippen LogP contribution in [0.3, 0.4) is 0 Å². The SMILES string of the molecule is CCCn1c(=O)n(C(F)C(=O)O)c2ccccc21. The van der Waals surface area contributed by atoms with Gasteiger partial charge in [0.15, 0.2) is 0 Å². The van der Waals surface area contributed by atoms with Crippen molar-refractivity contribution in [3.05, 3.63) is 34.7 Å². The molecular formula is C12H13FN2O3. The second-order valence-corrected chi connectivity index (χ2v) is 3.97. The third-order valence-electron chi connectivity index (χ3n) is 2.75.